The number of carbonyl (C=O) groups is 1. The topological polar surface area (TPSA) is 17.1 Å². The first kappa shape index (κ1) is 15.7. The zero-order chi connectivity index (χ0) is 14.7. The lowest BCUT2D eigenvalue weighted by atomic mass is 9.76. The summed E-state index contributed by atoms with van der Waals surface area (Å²) in [5.74, 6) is 0.428. The van der Waals surface area contributed by atoms with Crippen molar-refractivity contribution in [2.45, 2.75) is 47.5 Å². The fraction of sp³-hybridized carbons (Fsp3) is 0.500. The van der Waals surface area contributed by atoms with Crippen molar-refractivity contribution in [3.8, 4) is 0 Å². The normalized spacial score (nSPS) is 14.6. The average Bonchev–Trinajstić information content (AvgIpc) is 2.27. The molecule has 1 nitrogen and oxygen atoms in total. The predicted molar refractivity (Wildman–Crippen MR) is 82.2 cm³/mol. The van der Waals surface area contributed by atoms with Gasteiger partial charge in [-0.15, -0.1) is 0 Å². The third kappa shape index (κ3) is 4.66. The van der Waals surface area contributed by atoms with Crippen LogP contribution in [0.4, 0.5) is 0 Å². The first-order chi connectivity index (χ1) is 8.62. The Kier molecular flexibility index (Phi) is 4.73. The van der Waals surface area contributed by atoms with Crippen LogP contribution in [0.3, 0.4) is 0 Å². The highest BCUT2D eigenvalue weighted by Gasteiger charge is 2.25. The maximum absolute atomic E-state index is 12.0. The summed E-state index contributed by atoms with van der Waals surface area (Å²) in [5, 5.41) is 0. The molecule has 0 saturated carbocycles. The molecule has 1 aromatic carbocycles. The Bertz CT molecular complexity index is 441. The van der Waals surface area contributed by atoms with Crippen molar-refractivity contribution in [2.24, 2.45) is 10.8 Å². The molecule has 0 amide bonds. The lowest BCUT2D eigenvalue weighted by Crippen LogP contribution is -2.20. The molecule has 0 aliphatic rings. The van der Waals surface area contributed by atoms with E-state index in [0.29, 0.717) is 0 Å². The highest BCUT2D eigenvalue weighted by molar-refractivity contribution is 5.94. The fourth-order valence-electron chi connectivity index (χ4n) is 1.99. The molecule has 0 saturated heterocycles. The van der Waals surface area contributed by atoms with E-state index in [1.54, 1.807) is 6.08 Å². The first-order valence-electron chi connectivity index (χ1n) is 6.90. The fourth-order valence-corrected chi connectivity index (χ4v) is 1.99. The van der Waals surface area contributed by atoms with E-state index in [1.165, 1.54) is 5.56 Å². The number of rotatable bonds is 3. The van der Waals surface area contributed by atoms with Crippen molar-refractivity contribution in [1.82, 2.24) is 0 Å². The maximum Gasteiger partial charge on any atom is 0.160 e. The zero-order valence-corrected chi connectivity index (χ0v) is 13.0. The van der Waals surface area contributed by atoms with Gasteiger partial charge in [-0.1, -0.05) is 78.0 Å². The maximum atomic E-state index is 12.0. The molecule has 0 aromatic heterocycles. The summed E-state index contributed by atoms with van der Waals surface area (Å²) in [6.07, 6.45) is 3.81. The van der Waals surface area contributed by atoms with Crippen molar-refractivity contribution in [1.29, 1.82) is 0 Å². The number of benzene rings is 1. The van der Waals surface area contributed by atoms with Crippen molar-refractivity contribution >= 4 is 5.78 Å². The van der Waals surface area contributed by atoms with Crippen LogP contribution < -0.4 is 0 Å². The first-order valence-corrected chi connectivity index (χ1v) is 6.90. The van der Waals surface area contributed by atoms with Crippen LogP contribution in [0.25, 0.3) is 0 Å². The van der Waals surface area contributed by atoms with Crippen molar-refractivity contribution in [2.75, 3.05) is 0 Å². The van der Waals surface area contributed by atoms with Crippen LogP contribution in [-0.2, 0) is 4.79 Å². The van der Waals surface area contributed by atoms with Gasteiger partial charge in [0, 0.05) is 11.3 Å². The SMILES string of the molecule is CC(C)(C)C(=O)/C=C/[C@H](c1ccccc1)C(C)(C)C. The third-order valence-corrected chi connectivity index (χ3v) is 3.27. The van der Waals surface area contributed by atoms with Gasteiger partial charge in [0.15, 0.2) is 5.78 Å². The van der Waals surface area contributed by atoms with E-state index >= 15 is 0 Å². The van der Waals surface area contributed by atoms with E-state index in [2.05, 4.69) is 39.0 Å². The van der Waals surface area contributed by atoms with Crippen LogP contribution in [-0.4, -0.2) is 5.78 Å². The number of hydrogen-bond acceptors (Lipinski definition) is 1. The molecule has 104 valence electrons. The van der Waals surface area contributed by atoms with Crippen LogP contribution in [0.5, 0.6) is 0 Å². The molecule has 0 spiro atoms. The highest BCUT2D eigenvalue weighted by Crippen LogP contribution is 2.36. The molecule has 0 heterocycles. The minimum Gasteiger partial charge on any atom is -0.294 e. The molecule has 1 atom stereocenters. The lowest BCUT2D eigenvalue weighted by molar-refractivity contribution is -0.121. The van der Waals surface area contributed by atoms with Gasteiger partial charge >= 0.3 is 0 Å². The van der Waals surface area contributed by atoms with E-state index in [1.807, 2.05) is 39.0 Å². The number of ketones is 1. The van der Waals surface area contributed by atoms with Gasteiger partial charge in [-0.3, -0.25) is 4.79 Å². The summed E-state index contributed by atoms with van der Waals surface area (Å²) < 4.78 is 0. The second kappa shape index (κ2) is 5.73. The second-order valence-electron chi connectivity index (χ2n) is 7.23. The van der Waals surface area contributed by atoms with Gasteiger partial charge in [-0.2, -0.15) is 0 Å². The summed E-state index contributed by atoms with van der Waals surface area (Å²) >= 11 is 0. The third-order valence-electron chi connectivity index (χ3n) is 3.27. The Labute approximate surface area is 117 Å². The Morgan fingerprint density at radius 1 is 1.00 bits per heavy atom. The van der Waals surface area contributed by atoms with Crippen LogP contribution in [0.1, 0.15) is 53.0 Å². The van der Waals surface area contributed by atoms with Gasteiger partial charge in [-0.05, 0) is 17.1 Å². The Morgan fingerprint density at radius 3 is 1.95 bits per heavy atom. The quantitative estimate of drug-likeness (QED) is 0.698. The monoisotopic (exact) mass is 258 g/mol. The largest absolute Gasteiger partial charge is 0.294 e. The van der Waals surface area contributed by atoms with Gasteiger partial charge in [0.2, 0.25) is 0 Å². The highest BCUT2D eigenvalue weighted by atomic mass is 16.1. The molecule has 0 aliphatic heterocycles. The van der Waals surface area contributed by atoms with E-state index in [0.717, 1.165) is 0 Å². The lowest BCUT2D eigenvalue weighted by Gasteiger charge is -2.29. The van der Waals surface area contributed by atoms with Crippen LogP contribution in [0, 0.1) is 10.8 Å². The Balaban J connectivity index is 3.02. The minimum atomic E-state index is -0.310. The predicted octanol–water partition coefficient (Wildman–Crippen LogP) is 4.99. The minimum absolute atomic E-state index is 0.0933. The Morgan fingerprint density at radius 2 is 1.53 bits per heavy atom. The molecular formula is C18H26O. The van der Waals surface area contributed by atoms with Crippen LogP contribution >= 0.6 is 0 Å². The van der Waals surface area contributed by atoms with E-state index in [4.69, 9.17) is 0 Å². The number of carbonyl (C=O) groups excluding carboxylic acids is 1. The summed E-state index contributed by atoms with van der Waals surface area (Å²) in [6, 6.07) is 10.4. The summed E-state index contributed by atoms with van der Waals surface area (Å²) in [5.41, 5.74) is 1.04. The Hall–Kier alpha value is -1.37. The van der Waals surface area contributed by atoms with Gasteiger partial charge < -0.3 is 0 Å². The number of hydrogen-bond donors (Lipinski definition) is 0. The zero-order valence-electron chi connectivity index (χ0n) is 13.0. The molecule has 0 fully saturated rings. The summed E-state index contributed by atoms with van der Waals surface area (Å²) in [4.78, 5) is 12.0. The summed E-state index contributed by atoms with van der Waals surface area (Å²) in [7, 11) is 0. The van der Waals surface area contributed by atoms with E-state index < -0.39 is 0 Å². The molecule has 0 bridgehead atoms. The van der Waals surface area contributed by atoms with E-state index in [9.17, 15) is 4.79 Å². The molecule has 0 N–H and O–H groups in total. The molecule has 19 heavy (non-hydrogen) atoms. The van der Waals surface area contributed by atoms with Crippen LogP contribution in [0.2, 0.25) is 0 Å². The van der Waals surface area contributed by atoms with Gasteiger partial charge in [0.25, 0.3) is 0 Å². The van der Waals surface area contributed by atoms with Crippen molar-refractivity contribution in [3.05, 3.63) is 48.0 Å². The van der Waals surface area contributed by atoms with Gasteiger partial charge in [0.05, 0.1) is 0 Å². The molecule has 0 radical (unpaired) electrons. The number of allylic oxidation sites excluding steroid dienone is 2. The second-order valence-corrected chi connectivity index (χ2v) is 7.23. The average molecular weight is 258 g/mol. The smallest absolute Gasteiger partial charge is 0.160 e. The van der Waals surface area contributed by atoms with Crippen LogP contribution in [0.15, 0.2) is 42.5 Å². The van der Waals surface area contributed by atoms with Crippen molar-refractivity contribution < 1.29 is 4.79 Å². The molecular weight excluding hydrogens is 232 g/mol. The molecule has 1 aromatic rings. The summed E-state index contributed by atoms with van der Waals surface area (Å²) in [6.45, 7) is 12.5. The molecule has 1 rings (SSSR count). The van der Waals surface area contributed by atoms with Gasteiger partial charge in [0.1, 0.15) is 0 Å². The molecule has 1 heteroatoms. The standard InChI is InChI=1S/C18H26O/c1-17(2,3)15(14-10-8-7-9-11-14)12-13-16(19)18(4,5)6/h7-13,15H,1-6H3/b13-12+/t15-/m1/s1. The molecule has 0 aliphatic carbocycles. The van der Waals surface area contributed by atoms with Crippen molar-refractivity contribution in [3.63, 3.8) is 0 Å². The molecule has 0 unspecified atom stereocenters. The van der Waals surface area contributed by atoms with Gasteiger partial charge in [-0.25, -0.2) is 0 Å². The van der Waals surface area contributed by atoms with E-state index in [-0.39, 0.29) is 22.5 Å².